The summed E-state index contributed by atoms with van der Waals surface area (Å²) >= 11 is 0. The summed E-state index contributed by atoms with van der Waals surface area (Å²) in [4.78, 5) is 15.9. The van der Waals surface area contributed by atoms with Crippen LogP contribution in [0.4, 0.5) is 23.0 Å². The van der Waals surface area contributed by atoms with E-state index in [1.54, 1.807) is 0 Å². The average molecular weight is 455 g/mol. The lowest BCUT2D eigenvalue weighted by Gasteiger charge is -2.45. The Morgan fingerprint density at radius 3 is 1.94 bits per heavy atom. The number of anilines is 4. The average Bonchev–Trinajstić information content (AvgIpc) is 3.11. The van der Waals surface area contributed by atoms with E-state index in [-0.39, 0.29) is 11.6 Å². The van der Waals surface area contributed by atoms with Gasteiger partial charge in [0.1, 0.15) is 6.17 Å². The number of hydrogen-bond acceptors (Lipinski definition) is 4. The van der Waals surface area contributed by atoms with E-state index < -0.39 is 0 Å². The summed E-state index contributed by atoms with van der Waals surface area (Å²) in [5, 5.41) is 0. The van der Waals surface area contributed by atoms with Gasteiger partial charge in [0.2, 0.25) is 0 Å². The number of para-hydroxylation sites is 2. The molecule has 178 valence electrons. The Kier molecular flexibility index (Phi) is 5.87. The van der Waals surface area contributed by atoms with Crippen molar-refractivity contribution in [2.75, 3.05) is 9.80 Å². The van der Waals surface area contributed by atoms with Crippen LogP contribution in [0.3, 0.4) is 0 Å². The second-order valence-electron chi connectivity index (χ2n) is 10.6. The highest BCUT2D eigenvalue weighted by Gasteiger charge is 2.52. The fourth-order valence-electron chi connectivity index (χ4n) is 6.05. The van der Waals surface area contributed by atoms with Gasteiger partial charge in [-0.2, -0.15) is 0 Å². The van der Waals surface area contributed by atoms with Crippen molar-refractivity contribution >= 4 is 23.0 Å². The Labute approximate surface area is 205 Å². The lowest BCUT2D eigenvalue weighted by atomic mass is 9.74. The van der Waals surface area contributed by atoms with Crippen molar-refractivity contribution in [3.8, 4) is 0 Å². The van der Waals surface area contributed by atoms with Crippen LogP contribution in [0.1, 0.15) is 89.6 Å². The van der Waals surface area contributed by atoms with Crippen molar-refractivity contribution in [2.24, 2.45) is 5.41 Å². The van der Waals surface area contributed by atoms with Gasteiger partial charge in [-0.3, -0.25) is 0 Å². The molecule has 2 aliphatic heterocycles. The minimum absolute atomic E-state index is 0.118. The maximum absolute atomic E-state index is 5.43. The maximum Gasteiger partial charge on any atom is 0.178 e. The van der Waals surface area contributed by atoms with Crippen LogP contribution in [0.25, 0.3) is 0 Å². The van der Waals surface area contributed by atoms with Gasteiger partial charge in [-0.05, 0) is 61.3 Å². The van der Waals surface area contributed by atoms with E-state index in [1.807, 2.05) is 0 Å². The molecule has 1 aromatic heterocycles. The summed E-state index contributed by atoms with van der Waals surface area (Å²) in [5.41, 5.74) is 6.27. The van der Waals surface area contributed by atoms with Gasteiger partial charge in [-0.1, -0.05) is 77.9 Å². The third-order valence-corrected chi connectivity index (χ3v) is 8.09. The van der Waals surface area contributed by atoms with Crippen LogP contribution >= 0.6 is 0 Å². The van der Waals surface area contributed by atoms with Crippen LogP contribution < -0.4 is 9.80 Å². The second-order valence-corrected chi connectivity index (χ2v) is 10.6. The summed E-state index contributed by atoms with van der Waals surface area (Å²) in [6.07, 6.45) is 4.63. The van der Waals surface area contributed by atoms with E-state index in [9.17, 15) is 0 Å². The van der Waals surface area contributed by atoms with Gasteiger partial charge in [0, 0.05) is 16.8 Å². The van der Waals surface area contributed by atoms with Gasteiger partial charge in [0.25, 0.3) is 0 Å². The summed E-state index contributed by atoms with van der Waals surface area (Å²) in [6, 6.07) is 19.8. The van der Waals surface area contributed by atoms with E-state index in [0.717, 1.165) is 48.7 Å². The van der Waals surface area contributed by atoms with Gasteiger partial charge >= 0.3 is 0 Å². The van der Waals surface area contributed by atoms with Gasteiger partial charge in [-0.15, -0.1) is 0 Å². The van der Waals surface area contributed by atoms with Crippen LogP contribution in [0, 0.1) is 5.41 Å². The molecule has 3 aromatic rings. The Morgan fingerprint density at radius 2 is 1.35 bits per heavy atom. The minimum atomic E-state index is 0.118. The molecule has 2 aliphatic rings. The minimum Gasteiger partial charge on any atom is -0.301 e. The number of nitrogens with zero attached hydrogens (tertiary/aromatic N) is 4. The number of fused-ring (bicyclic) bond motifs is 5. The van der Waals surface area contributed by atoms with Crippen molar-refractivity contribution < 1.29 is 0 Å². The smallest absolute Gasteiger partial charge is 0.178 e. The third-order valence-electron chi connectivity index (χ3n) is 8.09. The first-order chi connectivity index (χ1) is 16.4. The first-order valence-electron chi connectivity index (χ1n) is 13.0. The summed E-state index contributed by atoms with van der Waals surface area (Å²) < 4.78 is 0. The summed E-state index contributed by atoms with van der Waals surface area (Å²) in [5.74, 6) is 2.67. The molecule has 0 saturated carbocycles. The molecule has 0 fully saturated rings. The quantitative estimate of drug-likeness (QED) is 0.390. The SMILES string of the molecule is CCC1(CC)CCc2ccccc2N2c3nc(C(C)C)c(C(C)C)nc3N(c3ccccc3)C21. The maximum atomic E-state index is 5.43. The van der Waals surface area contributed by atoms with E-state index in [1.165, 1.54) is 16.9 Å². The fraction of sp³-hybridized carbons (Fsp3) is 0.467. The monoisotopic (exact) mass is 454 g/mol. The molecule has 1 unspecified atom stereocenters. The largest absolute Gasteiger partial charge is 0.301 e. The zero-order chi connectivity index (χ0) is 24.0. The molecule has 4 heteroatoms. The topological polar surface area (TPSA) is 32.3 Å². The molecule has 0 amide bonds. The molecule has 1 atom stereocenters. The van der Waals surface area contributed by atoms with Crippen molar-refractivity contribution in [1.29, 1.82) is 0 Å². The zero-order valence-electron chi connectivity index (χ0n) is 21.5. The number of hydrogen-bond donors (Lipinski definition) is 0. The van der Waals surface area contributed by atoms with Crippen molar-refractivity contribution in [3.05, 3.63) is 71.5 Å². The molecule has 0 radical (unpaired) electrons. The highest BCUT2D eigenvalue weighted by atomic mass is 15.5. The standard InChI is InChI=1S/C30H38N4/c1-7-30(8-2)19-18-22-14-12-13-17-24(22)34-28-27(31-25(20(3)4)26(32-28)21(5)6)33(29(30)34)23-15-10-9-11-16-23/h9-17,20-21,29H,7-8,18-19H2,1-6H3. The number of aryl methyl sites for hydroxylation is 1. The van der Waals surface area contributed by atoms with E-state index >= 15 is 0 Å². The number of benzene rings is 2. The Bertz CT molecular complexity index is 1160. The van der Waals surface area contributed by atoms with Gasteiger partial charge in [0.05, 0.1) is 11.4 Å². The van der Waals surface area contributed by atoms with Crippen LogP contribution in [0.5, 0.6) is 0 Å². The Balaban J connectivity index is 1.86. The highest BCUT2D eigenvalue weighted by molar-refractivity contribution is 5.85. The number of aromatic nitrogens is 2. The van der Waals surface area contributed by atoms with E-state index in [2.05, 4.69) is 106 Å². The normalized spacial score (nSPS) is 18.6. The third kappa shape index (κ3) is 3.41. The molecule has 0 spiro atoms. The molecule has 2 aromatic carbocycles. The lowest BCUT2D eigenvalue weighted by molar-refractivity contribution is 0.195. The van der Waals surface area contributed by atoms with Crippen molar-refractivity contribution in [1.82, 2.24) is 9.97 Å². The first kappa shape index (κ1) is 22.9. The molecule has 4 nitrogen and oxygen atoms in total. The Morgan fingerprint density at radius 1 is 0.794 bits per heavy atom. The van der Waals surface area contributed by atoms with Crippen LogP contribution in [0.15, 0.2) is 54.6 Å². The van der Waals surface area contributed by atoms with E-state index in [0.29, 0.717) is 11.8 Å². The highest BCUT2D eigenvalue weighted by Crippen LogP contribution is 2.56. The predicted octanol–water partition coefficient (Wildman–Crippen LogP) is 8.09. The second kappa shape index (κ2) is 8.72. The molecule has 0 bridgehead atoms. The van der Waals surface area contributed by atoms with Gasteiger partial charge in [-0.25, -0.2) is 9.97 Å². The molecule has 34 heavy (non-hydrogen) atoms. The van der Waals surface area contributed by atoms with Crippen LogP contribution in [-0.4, -0.2) is 16.1 Å². The molecule has 0 saturated heterocycles. The fourth-order valence-corrected chi connectivity index (χ4v) is 6.05. The molecule has 5 rings (SSSR count). The summed E-state index contributed by atoms with van der Waals surface area (Å²) in [7, 11) is 0. The lowest BCUT2D eigenvalue weighted by Crippen LogP contribution is -2.51. The molecule has 0 N–H and O–H groups in total. The predicted molar refractivity (Wildman–Crippen MR) is 142 cm³/mol. The zero-order valence-corrected chi connectivity index (χ0v) is 21.5. The van der Waals surface area contributed by atoms with Gasteiger partial charge in [0.15, 0.2) is 11.6 Å². The van der Waals surface area contributed by atoms with E-state index in [4.69, 9.17) is 9.97 Å². The van der Waals surface area contributed by atoms with Crippen molar-refractivity contribution in [2.45, 2.75) is 85.2 Å². The van der Waals surface area contributed by atoms with Crippen LogP contribution in [-0.2, 0) is 6.42 Å². The summed E-state index contributed by atoms with van der Waals surface area (Å²) in [6.45, 7) is 13.7. The number of rotatable bonds is 5. The van der Waals surface area contributed by atoms with Crippen LogP contribution in [0.2, 0.25) is 0 Å². The molecule has 3 heterocycles. The Hall–Kier alpha value is -2.88. The van der Waals surface area contributed by atoms with Gasteiger partial charge < -0.3 is 9.80 Å². The molecule has 0 aliphatic carbocycles. The molecular formula is C30H38N4. The van der Waals surface area contributed by atoms with Crippen molar-refractivity contribution in [3.63, 3.8) is 0 Å². The first-order valence-corrected chi connectivity index (χ1v) is 13.0. The molecular weight excluding hydrogens is 416 g/mol.